The lowest BCUT2D eigenvalue weighted by Gasteiger charge is -2.27. The first kappa shape index (κ1) is 12.0. The summed E-state index contributed by atoms with van der Waals surface area (Å²) in [6.45, 7) is 4.31. The molecule has 0 spiro atoms. The molecule has 17 heavy (non-hydrogen) atoms. The summed E-state index contributed by atoms with van der Waals surface area (Å²) >= 11 is 0. The number of nitrogens with one attached hydrogen (secondary N) is 1. The van der Waals surface area contributed by atoms with Crippen molar-refractivity contribution >= 4 is 5.69 Å². The summed E-state index contributed by atoms with van der Waals surface area (Å²) in [4.78, 5) is 0. The monoisotopic (exact) mass is 228 g/mol. The molecule has 1 aromatic carbocycles. The van der Waals surface area contributed by atoms with Crippen molar-refractivity contribution in [2.24, 2.45) is 5.92 Å². The predicted molar refractivity (Wildman–Crippen MR) is 70.9 cm³/mol. The summed E-state index contributed by atoms with van der Waals surface area (Å²) in [5.74, 6) is 0.284. The second-order valence-electron chi connectivity index (χ2n) is 5.07. The van der Waals surface area contributed by atoms with Gasteiger partial charge in [-0.05, 0) is 56.7 Å². The van der Waals surface area contributed by atoms with Crippen molar-refractivity contribution in [1.29, 1.82) is 5.26 Å². The highest BCUT2D eigenvalue weighted by Gasteiger charge is 2.20. The topological polar surface area (TPSA) is 35.8 Å². The molecule has 1 N–H and O–H groups in total. The van der Waals surface area contributed by atoms with Gasteiger partial charge in [-0.25, -0.2) is 0 Å². The van der Waals surface area contributed by atoms with Crippen molar-refractivity contribution in [2.75, 3.05) is 5.32 Å². The molecule has 1 aromatic rings. The Morgan fingerprint density at radius 3 is 2.53 bits per heavy atom. The Hall–Kier alpha value is -1.49. The normalized spacial score (nSPS) is 24.1. The van der Waals surface area contributed by atoms with Gasteiger partial charge >= 0.3 is 0 Å². The summed E-state index contributed by atoms with van der Waals surface area (Å²) in [7, 11) is 0. The second-order valence-corrected chi connectivity index (χ2v) is 5.07. The van der Waals surface area contributed by atoms with Crippen LogP contribution in [0.15, 0.2) is 18.2 Å². The van der Waals surface area contributed by atoms with E-state index < -0.39 is 0 Å². The van der Waals surface area contributed by atoms with Crippen LogP contribution in [0, 0.1) is 31.1 Å². The van der Waals surface area contributed by atoms with Crippen molar-refractivity contribution in [2.45, 2.75) is 45.6 Å². The molecule has 0 aliphatic heterocycles. The highest BCUT2D eigenvalue weighted by Crippen LogP contribution is 2.27. The van der Waals surface area contributed by atoms with Crippen LogP contribution in [0.4, 0.5) is 5.69 Å². The molecule has 0 saturated heterocycles. The lowest BCUT2D eigenvalue weighted by molar-refractivity contribution is 0.397. The minimum atomic E-state index is 0.284. The third-order valence-electron chi connectivity index (χ3n) is 3.87. The fourth-order valence-corrected chi connectivity index (χ4v) is 2.49. The summed E-state index contributed by atoms with van der Waals surface area (Å²) in [6, 6.07) is 9.32. The molecule has 1 aliphatic rings. The first-order valence-electron chi connectivity index (χ1n) is 6.43. The average Bonchev–Trinajstić information content (AvgIpc) is 2.36. The molecule has 90 valence electrons. The van der Waals surface area contributed by atoms with Crippen LogP contribution < -0.4 is 5.32 Å². The van der Waals surface area contributed by atoms with Crippen molar-refractivity contribution < 1.29 is 0 Å². The number of nitriles is 1. The molecule has 0 radical (unpaired) electrons. The van der Waals surface area contributed by atoms with E-state index in [-0.39, 0.29) is 5.92 Å². The van der Waals surface area contributed by atoms with Crippen molar-refractivity contribution in [1.82, 2.24) is 0 Å². The highest BCUT2D eigenvalue weighted by molar-refractivity contribution is 5.54. The Morgan fingerprint density at radius 2 is 1.88 bits per heavy atom. The number of hydrogen-bond donors (Lipinski definition) is 1. The van der Waals surface area contributed by atoms with Crippen LogP contribution in [0.1, 0.15) is 36.8 Å². The molecule has 0 amide bonds. The Balaban J connectivity index is 1.98. The molecule has 0 unspecified atom stereocenters. The molecular formula is C15H20N2. The first-order chi connectivity index (χ1) is 8.20. The third-order valence-corrected chi connectivity index (χ3v) is 3.87. The molecule has 0 atom stereocenters. The molecule has 0 heterocycles. The smallest absolute Gasteiger partial charge is 0.0655 e. The van der Waals surface area contributed by atoms with Gasteiger partial charge in [0.15, 0.2) is 0 Å². The Morgan fingerprint density at radius 1 is 1.18 bits per heavy atom. The van der Waals surface area contributed by atoms with Gasteiger partial charge in [0, 0.05) is 17.6 Å². The van der Waals surface area contributed by atoms with Crippen LogP contribution in [-0.2, 0) is 0 Å². The van der Waals surface area contributed by atoms with Gasteiger partial charge in [-0.1, -0.05) is 12.1 Å². The molecule has 0 bridgehead atoms. The number of benzene rings is 1. The van der Waals surface area contributed by atoms with Crippen LogP contribution >= 0.6 is 0 Å². The fraction of sp³-hybridized carbons (Fsp3) is 0.533. The van der Waals surface area contributed by atoms with E-state index in [0.717, 1.165) is 25.7 Å². The van der Waals surface area contributed by atoms with Crippen molar-refractivity contribution in [3.63, 3.8) is 0 Å². The van der Waals surface area contributed by atoms with Gasteiger partial charge in [0.05, 0.1) is 6.07 Å². The zero-order valence-electron chi connectivity index (χ0n) is 10.7. The van der Waals surface area contributed by atoms with E-state index in [2.05, 4.69) is 43.4 Å². The van der Waals surface area contributed by atoms with Gasteiger partial charge < -0.3 is 5.32 Å². The number of aryl methyl sites for hydroxylation is 1. The van der Waals surface area contributed by atoms with E-state index in [1.54, 1.807) is 0 Å². The van der Waals surface area contributed by atoms with Crippen LogP contribution in [0.2, 0.25) is 0 Å². The van der Waals surface area contributed by atoms with Gasteiger partial charge in [0.2, 0.25) is 0 Å². The highest BCUT2D eigenvalue weighted by atomic mass is 14.9. The fourth-order valence-electron chi connectivity index (χ4n) is 2.49. The molecule has 2 rings (SSSR count). The van der Waals surface area contributed by atoms with Gasteiger partial charge in [-0.3, -0.25) is 0 Å². The zero-order chi connectivity index (χ0) is 12.3. The molecular weight excluding hydrogens is 208 g/mol. The largest absolute Gasteiger partial charge is 0.382 e. The average molecular weight is 228 g/mol. The van der Waals surface area contributed by atoms with E-state index in [1.807, 2.05) is 0 Å². The summed E-state index contributed by atoms with van der Waals surface area (Å²) in [5, 5.41) is 12.5. The van der Waals surface area contributed by atoms with Crippen LogP contribution in [0.3, 0.4) is 0 Å². The molecule has 2 nitrogen and oxygen atoms in total. The van der Waals surface area contributed by atoms with Gasteiger partial charge in [0.1, 0.15) is 0 Å². The Kier molecular flexibility index (Phi) is 3.68. The van der Waals surface area contributed by atoms with Crippen molar-refractivity contribution in [3.8, 4) is 6.07 Å². The number of rotatable bonds is 2. The molecule has 1 fully saturated rings. The number of nitrogens with zero attached hydrogens (tertiary/aromatic N) is 1. The van der Waals surface area contributed by atoms with Gasteiger partial charge in [-0.2, -0.15) is 5.26 Å². The van der Waals surface area contributed by atoms with Crippen LogP contribution in [-0.4, -0.2) is 6.04 Å². The molecule has 1 saturated carbocycles. The van der Waals surface area contributed by atoms with Gasteiger partial charge in [0.25, 0.3) is 0 Å². The maximum atomic E-state index is 8.88. The minimum absolute atomic E-state index is 0.284. The van der Waals surface area contributed by atoms with Gasteiger partial charge in [-0.15, -0.1) is 0 Å². The van der Waals surface area contributed by atoms with E-state index >= 15 is 0 Å². The number of hydrogen-bond acceptors (Lipinski definition) is 2. The molecule has 0 aromatic heterocycles. The van der Waals surface area contributed by atoms with E-state index in [1.165, 1.54) is 16.8 Å². The summed E-state index contributed by atoms with van der Waals surface area (Å²) in [5.41, 5.74) is 3.93. The van der Waals surface area contributed by atoms with E-state index in [0.29, 0.717) is 6.04 Å². The first-order valence-corrected chi connectivity index (χ1v) is 6.43. The summed E-state index contributed by atoms with van der Waals surface area (Å²) < 4.78 is 0. The predicted octanol–water partition coefficient (Wildman–Crippen LogP) is 3.80. The van der Waals surface area contributed by atoms with Crippen molar-refractivity contribution in [3.05, 3.63) is 29.3 Å². The standard InChI is InChI=1S/C15H20N2/c1-11-4-3-5-15(12(11)2)17-14-8-6-13(10-16)7-9-14/h3-5,13-14,17H,6-9H2,1-2H3. The minimum Gasteiger partial charge on any atom is -0.382 e. The third kappa shape index (κ3) is 2.79. The SMILES string of the molecule is Cc1cccc(NC2CCC(C#N)CC2)c1C. The quantitative estimate of drug-likeness (QED) is 0.835. The lowest BCUT2D eigenvalue weighted by atomic mass is 9.87. The summed E-state index contributed by atoms with van der Waals surface area (Å²) in [6.07, 6.45) is 4.31. The lowest BCUT2D eigenvalue weighted by Crippen LogP contribution is -2.26. The Labute approximate surface area is 104 Å². The van der Waals surface area contributed by atoms with Crippen LogP contribution in [0.25, 0.3) is 0 Å². The molecule has 2 heteroatoms. The van der Waals surface area contributed by atoms with E-state index in [9.17, 15) is 0 Å². The van der Waals surface area contributed by atoms with E-state index in [4.69, 9.17) is 5.26 Å². The Bertz CT molecular complexity index is 423. The second kappa shape index (κ2) is 5.23. The van der Waals surface area contributed by atoms with Crippen LogP contribution in [0.5, 0.6) is 0 Å². The molecule has 1 aliphatic carbocycles. The maximum absolute atomic E-state index is 8.88. The zero-order valence-corrected chi connectivity index (χ0v) is 10.7. The maximum Gasteiger partial charge on any atom is 0.0655 e. The number of anilines is 1.